The van der Waals surface area contributed by atoms with Crippen LogP contribution in [0.25, 0.3) is 22.3 Å². The minimum absolute atomic E-state index is 0.208. The quantitative estimate of drug-likeness (QED) is 0.348. The van der Waals surface area contributed by atoms with Crippen LogP contribution in [0.15, 0.2) is 84.9 Å². The number of rotatable bonds is 4. The van der Waals surface area contributed by atoms with Crippen LogP contribution in [0.2, 0.25) is 0 Å². The lowest BCUT2D eigenvalue weighted by molar-refractivity contribution is 0.474. The molecular formula is C28H26O3. The van der Waals surface area contributed by atoms with E-state index < -0.39 is 0 Å². The van der Waals surface area contributed by atoms with E-state index in [9.17, 15) is 15.3 Å². The number of hydrogen-bond donors (Lipinski definition) is 3. The van der Waals surface area contributed by atoms with Crippen LogP contribution in [0.3, 0.4) is 0 Å². The first-order valence-corrected chi connectivity index (χ1v) is 10.3. The van der Waals surface area contributed by atoms with E-state index in [2.05, 4.69) is 39.0 Å². The Balaban J connectivity index is 1.87. The van der Waals surface area contributed by atoms with E-state index in [4.69, 9.17) is 0 Å². The first-order valence-electron chi connectivity index (χ1n) is 10.3. The van der Waals surface area contributed by atoms with E-state index >= 15 is 0 Å². The highest BCUT2D eigenvalue weighted by atomic mass is 16.3. The Labute approximate surface area is 182 Å². The van der Waals surface area contributed by atoms with E-state index in [1.54, 1.807) is 36.4 Å². The molecule has 0 heterocycles. The van der Waals surface area contributed by atoms with Crippen molar-refractivity contribution >= 4 is 0 Å². The van der Waals surface area contributed by atoms with Crippen LogP contribution in [0.4, 0.5) is 0 Å². The first-order chi connectivity index (χ1) is 14.8. The fourth-order valence-electron chi connectivity index (χ4n) is 3.99. The Kier molecular flexibility index (Phi) is 5.20. The molecule has 0 fully saturated rings. The van der Waals surface area contributed by atoms with Gasteiger partial charge in [-0.05, 0) is 88.3 Å². The monoisotopic (exact) mass is 410 g/mol. The van der Waals surface area contributed by atoms with Crippen LogP contribution in [0.1, 0.15) is 30.5 Å². The van der Waals surface area contributed by atoms with Gasteiger partial charge in [0.2, 0.25) is 0 Å². The van der Waals surface area contributed by atoms with Gasteiger partial charge in [-0.1, -0.05) is 56.3 Å². The summed E-state index contributed by atoms with van der Waals surface area (Å²) in [5.74, 6) is 0.681. The van der Waals surface area contributed by atoms with E-state index in [0.717, 1.165) is 38.9 Å². The maximum absolute atomic E-state index is 10.3. The molecule has 0 amide bonds. The van der Waals surface area contributed by atoms with Crippen molar-refractivity contribution in [2.45, 2.75) is 26.2 Å². The molecule has 4 aromatic carbocycles. The van der Waals surface area contributed by atoms with E-state index in [1.165, 1.54) is 0 Å². The first kappa shape index (κ1) is 20.5. The zero-order chi connectivity index (χ0) is 22.2. The predicted molar refractivity (Wildman–Crippen MR) is 126 cm³/mol. The maximum atomic E-state index is 10.3. The van der Waals surface area contributed by atoms with Crippen molar-refractivity contribution in [1.29, 1.82) is 0 Å². The molecule has 0 aliphatic rings. The van der Waals surface area contributed by atoms with Gasteiger partial charge >= 0.3 is 0 Å². The van der Waals surface area contributed by atoms with Gasteiger partial charge < -0.3 is 15.3 Å². The van der Waals surface area contributed by atoms with E-state index in [-0.39, 0.29) is 22.7 Å². The van der Waals surface area contributed by atoms with Crippen molar-refractivity contribution in [2.75, 3.05) is 0 Å². The Morgan fingerprint density at radius 3 is 1.71 bits per heavy atom. The number of aromatic hydroxyl groups is 3. The number of benzene rings is 4. The molecule has 4 aromatic rings. The van der Waals surface area contributed by atoms with Crippen LogP contribution >= 0.6 is 0 Å². The van der Waals surface area contributed by atoms with Gasteiger partial charge in [-0.15, -0.1) is 0 Å². The summed E-state index contributed by atoms with van der Waals surface area (Å²) >= 11 is 0. The Morgan fingerprint density at radius 1 is 0.516 bits per heavy atom. The number of hydrogen-bond acceptors (Lipinski definition) is 3. The Morgan fingerprint density at radius 2 is 1.06 bits per heavy atom. The van der Waals surface area contributed by atoms with Gasteiger partial charge in [-0.25, -0.2) is 0 Å². The summed E-state index contributed by atoms with van der Waals surface area (Å²) in [6.07, 6.45) is 0. The summed E-state index contributed by atoms with van der Waals surface area (Å²) in [4.78, 5) is 0. The second-order valence-corrected chi connectivity index (χ2v) is 8.48. The molecule has 4 rings (SSSR count). The molecule has 3 N–H and O–H groups in total. The average molecular weight is 411 g/mol. The molecular weight excluding hydrogens is 384 g/mol. The van der Waals surface area contributed by atoms with Gasteiger partial charge in [-0.3, -0.25) is 0 Å². The molecule has 0 bridgehead atoms. The van der Waals surface area contributed by atoms with Gasteiger partial charge in [0.1, 0.15) is 17.2 Å². The summed E-state index contributed by atoms with van der Waals surface area (Å²) in [5, 5.41) is 29.6. The molecule has 0 unspecified atom stereocenters. The lowest BCUT2D eigenvalue weighted by atomic mass is 9.76. The van der Waals surface area contributed by atoms with Gasteiger partial charge in [0.15, 0.2) is 0 Å². The van der Waals surface area contributed by atoms with E-state index in [0.29, 0.717) is 0 Å². The summed E-state index contributed by atoms with van der Waals surface area (Å²) in [6, 6.07) is 26.2. The molecule has 0 spiro atoms. The predicted octanol–water partition coefficient (Wildman–Crippen LogP) is 6.77. The van der Waals surface area contributed by atoms with Crippen molar-refractivity contribution < 1.29 is 15.3 Å². The SMILES string of the molecule is Cc1ccc(C(C)(C)c2ccc(O)cc2)cc1-c1cc(O)ccc1-c1ccc(O)cc1. The van der Waals surface area contributed by atoms with Crippen LogP contribution in [0.5, 0.6) is 17.2 Å². The highest BCUT2D eigenvalue weighted by molar-refractivity contribution is 5.86. The molecule has 0 aliphatic carbocycles. The lowest BCUT2D eigenvalue weighted by Gasteiger charge is -2.27. The minimum Gasteiger partial charge on any atom is -0.508 e. The maximum Gasteiger partial charge on any atom is 0.116 e. The summed E-state index contributed by atoms with van der Waals surface area (Å²) in [5.41, 5.74) is 7.02. The van der Waals surface area contributed by atoms with Gasteiger partial charge in [-0.2, -0.15) is 0 Å². The number of phenolic OH excluding ortho intramolecular Hbond substituents is 3. The van der Waals surface area contributed by atoms with Gasteiger partial charge in [0, 0.05) is 5.41 Å². The normalized spacial score (nSPS) is 11.5. The van der Waals surface area contributed by atoms with Crippen LogP contribution in [0, 0.1) is 6.92 Å². The zero-order valence-electron chi connectivity index (χ0n) is 17.9. The van der Waals surface area contributed by atoms with Crippen molar-refractivity contribution in [3.8, 4) is 39.5 Å². The molecule has 0 radical (unpaired) electrons. The fraction of sp³-hybridized carbons (Fsp3) is 0.143. The second-order valence-electron chi connectivity index (χ2n) is 8.48. The zero-order valence-corrected chi connectivity index (χ0v) is 17.9. The van der Waals surface area contributed by atoms with Crippen LogP contribution in [-0.2, 0) is 5.41 Å². The topological polar surface area (TPSA) is 60.7 Å². The average Bonchev–Trinajstić information content (AvgIpc) is 2.75. The molecule has 0 saturated carbocycles. The summed E-state index contributed by atoms with van der Waals surface area (Å²) in [6.45, 7) is 6.39. The standard InChI is InChI=1S/C28H26O3/c1-18-4-7-21(28(2,3)20-8-12-23(30)13-9-20)16-26(18)27-17-24(31)14-15-25(27)19-5-10-22(29)11-6-19/h4-17,29-31H,1-3H3. The molecule has 31 heavy (non-hydrogen) atoms. The summed E-state index contributed by atoms with van der Waals surface area (Å²) < 4.78 is 0. The van der Waals surface area contributed by atoms with Gasteiger partial charge in [0.25, 0.3) is 0 Å². The molecule has 156 valence electrons. The largest absolute Gasteiger partial charge is 0.508 e. The van der Waals surface area contributed by atoms with Crippen molar-refractivity contribution in [2.24, 2.45) is 0 Å². The van der Waals surface area contributed by atoms with Crippen molar-refractivity contribution in [1.82, 2.24) is 0 Å². The highest BCUT2D eigenvalue weighted by Gasteiger charge is 2.24. The Hall–Kier alpha value is -3.72. The highest BCUT2D eigenvalue weighted by Crippen LogP contribution is 2.40. The van der Waals surface area contributed by atoms with E-state index in [1.807, 2.05) is 30.3 Å². The molecule has 3 nitrogen and oxygen atoms in total. The minimum atomic E-state index is -0.272. The number of aryl methyl sites for hydroxylation is 1. The second kappa shape index (κ2) is 7.84. The van der Waals surface area contributed by atoms with Crippen LogP contribution in [-0.4, -0.2) is 15.3 Å². The smallest absolute Gasteiger partial charge is 0.116 e. The fourth-order valence-corrected chi connectivity index (χ4v) is 3.99. The molecule has 0 aromatic heterocycles. The lowest BCUT2D eigenvalue weighted by Crippen LogP contribution is -2.19. The van der Waals surface area contributed by atoms with Crippen molar-refractivity contribution in [3.05, 3.63) is 102 Å². The third kappa shape index (κ3) is 3.99. The van der Waals surface area contributed by atoms with Gasteiger partial charge in [0.05, 0.1) is 0 Å². The Bertz CT molecular complexity index is 1220. The third-order valence-corrected chi connectivity index (χ3v) is 6.02. The molecule has 0 atom stereocenters. The van der Waals surface area contributed by atoms with Crippen LogP contribution < -0.4 is 0 Å². The number of phenols is 3. The van der Waals surface area contributed by atoms with Crippen molar-refractivity contribution in [3.63, 3.8) is 0 Å². The molecule has 0 saturated heterocycles. The molecule has 3 heteroatoms. The summed E-state index contributed by atoms with van der Waals surface area (Å²) in [7, 11) is 0. The third-order valence-electron chi connectivity index (χ3n) is 6.02. The molecule has 0 aliphatic heterocycles.